The summed E-state index contributed by atoms with van der Waals surface area (Å²) in [6.07, 6.45) is 0. The van der Waals surface area contributed by atoms with E-state index in [1.165, 1.54) is 0 Å². The molecule has 0 N–H and O–H groups in total. The van der Waals surface area contributed by atoms with Crippen LogP contribution >= 0.6 is 30.6 Å². The van der Waals surface area contributed by atoms with E-state index in [0.717, 1.165) is 0 Å². The second-order valence-corrected chi connectivity index (χ2v) is 96.3. The number of halogens is 2. The fourth-order valence-corrected chi connectivity index (χ4v) is 277. The molecule has 0 aliphatic heterocycles. The largest absolute Gasteiger partial charge is 0.136 e. The third-order valence-corrected chi connectivity index (χ3v) is 199. The van der Waals surface area contributed by atoms with E-state index in [0.29, 0.717) is 20.2 Å². The summed E-state index contributed by atoms with van der Waals surface area (Å²) in [6, 6.07) is 0. The molecule has 8 heteroatoms. The lowest BCUT2D eigenvalue weighted by atomic mass is 10.2. The Morgan fingerprint density at radius 3 is 0.469 bits per heavy atom. The molecule has 0 radical (unpaired) electrons. The molecule has 0 spiro atoms. The fraction of sp³-hybridized carbons (Fsp3) is 1.00. The van der Waals surface area contributed by atoms with E-state index < -0.39 is 40.9 Å². The van der Waals surface area contributed by atoms with Crippen molar-refractivity contribution in [3.8, 4) is 0 Å². The Balaban J connectivity index is 8.37. The fourth-order valence-electron chi connectivity index (χ4n) is 5.35. The molecule has 0 aromatic rings. The maximum atomic E-state index is 5.13. The van der Waals surface area contributed by atoms with Crippen LogP contribution in [0.1, 0.15) is 83.1 Å². The van der Waals surface area contributed by atoms with Crippen molar-refractivity contribution >= 4 is 71.4 Å². The van der Waals surface area contributed by atoms with Gasteiger partial charge in [0.2, 0.25) is 0 Å². The molecule has 0 saturated heterocycles. The Labute approximate surface area is 225 Å². The molecule has 32 heavy (non-hydrogen) atoms. The summed E-state index contributed by atoms with van der Waals surface area (Å²) >= 11 is 10.3. The molecule has 0 fully saturated rings. The minimum atomic E-state index is -1.95. The number of hydrogen-bond acceptors (Lipinski definition) is 0. The molecule has 0 aliphatic rings. The van der Waals surface area contributed by atoms with E-state index in [1.54, 1.807) is 0 Å². The van der Waals surface area contributed by atoms with E-state index in [1.807, 2.05) is 0 Å². The summed E-state index contributed by atoms with van der Waals surface area (Å²) < 4.78 is 0. The van der Waals surface area contributed by atoms with Crippen LogP contribution in [-0.2, 0) is 0 Å². The first-order valence-electron chi connectivity index (χ1n) is 12.6. The monoisotopic (exact) mass is 674 g/mol. The van der Waals surface area contributed by atoms with Gasteiger partial charge in [0.25, 0.3) is 0 Å². The topological polar surface area (TPSA) is 0 Å². The van der Waals surface area contributed by atoms with Crippen LogP contribution in [0.15, 0.2) is 0 Å². The predicted octanol–water partition coefficient (Wildman–Crippen LogP) is 11.1. The Bertz CT molecular complexity index is 571. The van der Waals surface area contributed by atoms with E-state index in [-0.39, 0.29) is 0 Å². The minimum absolute atomic E-state index is 0.384. The van der Waals surface area contributed by atoms with Gasteiger partial charge in [0, 0.05) is 0 Å². The Hall–Kier alpha value is 2.26. The number of hydrogen-bond donors (Lipinski definition) is 0. The average molecular weight is 677 g/mol. The first-order valence-corrected chi connectivity index (χ1v) is 38.1. The van der Waals surface area contributed by atoms with Gasteiger partial charge in [0.05, 0.1) is 30.4 Å². The first-order chi connectivity index (χ1) is 13.2. The SMILES string of the molecule is CC(C)(C)[Si](C)(C)[Si](Br)([Si](C)(C)C(C)(C)C)[Si](Br)([Si](C)(C)C(C)(C)C)[Si](C)(C)C(C)(C)C. The van der Waals surface area contributed by atoms with Crippen LogP contribution in [0.2, 0.25) is 72.5 Å². The van der Waals surface area contributed by atoms with E-state index in [9.17, 15) is 0 Å². The van der Waals surface area contributed by atoms with E-state index in [2.05, 4.69) is 135 Å². The van der Waals surface area contributed by atoms with Gasteiger partial charge in [0.1, 0.15) is 10.5 Å². The smallest absolute Gasteiger partial charge is 0.117 e. The predicted molar refractivity (Wildman–Crippen MR) is 178 cm³/mol. The van der Waals surface area contributed by atoms with Crippen LogP contribution in [0, 0.1) is 0 Å². The highest BCUT2D eigenvalue weighted by Gasteiger charge is 2.82. The average Bonchev–Trinajstić information content (AvgIpc) is 2.47. The molecule has 0 atom stereocenters. The molecule has 0 bridgehead atoms. The molecular weight excluding hydrogens is 617 g/mol. The lowest BCUT2D eigenvalue weighted by Crippen LogP contribution is -2.97. The van der Waals surface area contributed by atoms with E-state index >= 15 is 0 Å². The third kappa shape index (κ3) is 4.55. The zero-order valence-corrected chi connectivity index (χ0v) is 34.9. The van der Waals surface area contributed by atoms with Crippen LogP contribution in [-0.4, -0.2) is 40.9 Å². The van der Waals surface area contributed by atoms with Gasteiger partial charge in [-0.05, 0) is 20.2 Å². The van der Waals surface area contributed by atoms with Crippen LogP contribution in [0.4, 0.5) is 0 Å². The zero-order chi connectivity index (χ0) is 27.0. The van der Waals surface area contributed by atoms with E-state index in [4.69, 9.17) is 30.6 Å². The highest BCUT2D eigenvalue weighted by molar-refractivity contribution is 9.42. The van der Waals surface area contributed by atoms with Crippen molar-refractivity contribution in [1.82, 2.24) is 0 Å². The molecule has 0 amide bonds. The zero-order valence-electron chi connectivity index (χ0n) is 25.8. The van der Waals surface area contributed by atoms with Crippen molar-refractivity contribution in [2.45, 2.75) is 156 Å². The first kappa shape index (κ1) is 34.3. The maximum absolute atomic E-state index is 5.13. The van der Waals surface area contributed by atoms with Gasteiger partial charge in [-0.2, -0.15) is 0 Å². The molecule has 0 nitrogen and oxygen atoms in total. The Morgan fingerprint density at radius 1 is 0.312 bits per heavy atom. The summed E-state index contributed by atoms with van der Waals surface area (Å²) in [4.78, 5) is 0. The standard InChI is InChI=1S/C24H60Br2Si6/c1-21(2,3)27(13,14)31(25,28(15,16)22(4,5)6)32(26,29(17,18)23(7,8)9)30(19,20)24(10,11)12/h1-20H3. The maximum Gasteiger partial charge on any atom is 0.117 e. The van der Waals surface area contributed by atoms with Crippen molar-refractivity contribution in [2.75, 3.05) is 0 Å². The Morgan fingerprint density at radius 2 is 0.406 bits per heavy atom. The van der Waals surface area contributed by atoms with Gasteiger partial charge < -0.3 is 0 Å². The summed E-state index contributed by atoms with van der Waals surface area (Å²) in [5.41, 5.74) is 0. The summed E-state index contributed by atoms with van der Waals surface area (Å²) in [5, 5.41) is -2.36. The molecule has 0 aromatic carbocycles. The summed E-state index contributed by atoms with van der Waals surface area (Å²) in [5.74, 6) is 0. The second kappa shape index (κ2) is 8.93. The van der Waals surface area contributed by atoms with Gasteiger partial charge in [-0.25, -0.2) is 0 Å². The number of rotatable bonds is 5. The molecule has 0 heterocycles. The third-order valence-electron chi connectivity index (χ3n) is 11.4. The molecular formula is C24H60Br2Si6. The van der Waals surface area contributed by atoms with Crippen LogP contribution in [0.5, 0.6) is 0 Å². The van der Waals surface area contributed by atoms with Crippen molar-refractivity contribution in [3.63, 3.8) is 0 Å². The Kier molecular flexibility index (Phi) is 9.56. The van der Waals surface area contributed by atoms with Gasteiger partial charge in [-0.1, -0.05) is 135 Å². The molecule has 0 aliphatic carbocycles. The van der Waals surface area contributed by atoms with Gasteiger partial charge in [-0.15, -0.1) is 30.6 Å². The second-order valence-electron chi connectivity index (χ2n) is 16.8. The highest BCUT2D eigenvalue weighted by atomic mass is 79.9. The van der Waals surface area contributed by atoms with Crippen LogP contribution < -0.4 is 0 Å². The normalized spacial score (nSPS) is 17.1. The van der Waals surface area contributed by atoms with Gasteiger partial charge >= 0.3 is 0 Å². The molecule has 0 aromatic heterocycles. The quantitative estimate of drug-likeness (QED) is 0.201. The van der Waals surface area contributed by atoms with Crippen molar-refractivity contribution in [3.05, 3.63) is 0 Å². The van der Waals surface area contributed by atoms with Crippen LogP contribution in [0.25, 0.3) is 0 Å². The lowest BCUT2D eigenvalue weighted by Gasteiger charge is -2.72. The van der Waals surface area contributed by atoms with Crippen molar-refractivity contribution in [1.29, 1.82) is 0 Å². The lowest BCUT2D eigenvalue weighted by molar-refractivity contribution is 0.724. The molecule has 194 valence electrons. The van der Waals surface area contributed by atoms with Crippen molar-refractivity contribution < 1.29 is 0 Å². The molecule has 0 unspecified atom stereocenters. The van der Waals surface area contributed by atoms with Gasteiger partial charge in [-0.3, -0.25) is 0 Å². The summed E-state index contributed by atoms with van der Waals surface area (Å²) in [7, 11) is -6.86. The molecule has 0 rings (SSSR count). The van der Waals surface area contributed by atoms with Gasteiger partial charge in [0.15, 0.2) is 0 Å². The highest BCUT2D eigenvalue weighted by Crippen LogP contribution is 2.66. The molecule has 0 saturated carbocycles. The van der Waals surface area contributed by atoms with Crippen LogP contribution in [0.3, 0.4) is 0 Å². The summed E-state index contributed by atoms with van der Waals surface area (Å²) in [6.45, 7) is 53.6. The van der Waals surface area contributed by atoms with Crippen molar-refractivity contribution in [2.24, 2.45) is 0 Å². The minimum Gasteiger partial charge on any atom is -0.136 e.